The van der Waals surface area contributed by atoms with Crippen molar-refractivity contribution in [3.63, 3.8) is 0 Å². The minimum Gasteiger partial charge on any atom is -0.494 e. The van der Waals surface area contributed by atoms with E-state index in [0.717, 1.165) is 12.8 Å². The molecule has 0 bridgehead atoms. The zero-order chi connectivity index (χ0) is 26.7. The largest absolute Gasteiger partial charge is 0.494 e. The third-order valence-corrected chi connectivity index (χ3v) is 7.39. The zero-order valence-corrected chi connectivity index (χ0v) is 21.8. The Labute approximate surface area is 216 Å². The van der Waals surface area contributed by atoms with Crippen LogP contribution in [-0.2, 0) is 0 Å². The number of hydrogen-bond acceptors (Lipinski definition) is 5. The predicted molar refractivity (Wildman–Crippen MR) is 138 cm³/mol. The van der Waals surface area contributed by atoms with Crippen LogP contribution in [0.3, 0.4) is 0 Å². The van der Waals surface area contributed by atoms with Gasteiger partial charge in [-0.1, -0.05) is 20.8 Å². The number of rotatable bonds is 8. The lowest BCUT2D eigenvalue weighted by Crippen LogP contribution is -2.45. The van der Waals surface area contributed by atoms with Crippen molar-refractivity contribution >= 4 is 17.1 Å². The molecule has 2 heterocycles. The van der Waals surface area contributed by atoms with Gasteiger partial charge in [-0.25, -0.2) is 4.39 Å². The van der Waals surface area contributed by atoms with Gasteiger partial charge in [0.05, 0.1) is 24.0 Å². The molecule has 4 rings (SSSR count). The second kappa shape index (κ2) is 11.2. The maximum Gasteiger partial charge on any atom is 0.431 e. The summed E-state index contributed by atoms with van der Waals surface area (Å²) in [7, 11) is 0. The van der Waals surface area contributed by atoms with Crippen molar-refractivity contribution in [1.82, 2.24) is 0 Å². The van der Waals surface area contributed by atoms with Gasteiger partial charge in [0, 0.05) is 37.4 Å². The number of benzene rings is 2. The molecular formula is C28H35F4N3O2. The molecule has 2 aliphatic rings. The van der Waals surface area contributed by atoms with Crippen molar-refractivity contribution in [3.8, 4) is 11.5 Å². The molecule has 0 aliphatic carbocycles. The Morgan fingerprint density at radius 1 is 1.00 bits per heavy atom. The van der Waals surface area contributed by atoms with Crippen LogP contribution in [0.15, 0.2) is 47.6 Å². The topological polar surface area (TPSA) is 37.3 Å². The molecule has 2 aromatic carbocycles. The average molecular weight is 522 g/mol. The van der Waals surface area contributed by atoms with Crippen molar-refractivity contribution in [3.05, 3.63) is 48.3 Å². The molecule has 1 saturated heterocycles. The molecule has 0 amide bonds. The predicted octanol–water partition coefficient (Wildman–Crippen LogP) is 7.06. The fourth-order valence-corrected chi connectivity index (χ4v) is 5.39. The van der Waals surface area contributed by atoms with Crippen molar-refractivity contribution in [2.75, 3.05) is 29.6 Å². The van der Waals surface area contributed by atoms with Gasteiger partial charge in [-0.2, -0.15) is 18.3 Å². The first-order valence-electron chi connectivity index (χ1n) is 13.0. The van der Waals surface area contributed by atoms with E-state index in [0.29, 0.717) is 49.0 Å². The van der Waals surface area contributed by atoms with Crippen LogP contribution in [0.25, 0.3) is 0 Å². The Kier molecular flexibility index (Phi) is 8.19. The van der Waals surface area contributed by atoms with Crippen LogP contribution in [0.4, 0.5) is 28.9 Å². The van der Waals surface area contributed by atoms with Crippen molar-refractivity contribution in [1.29, 1.82) is 0 Å². The number of alkyl halides is 3. The Bertz CT molecular complexity index is 1090. The normalized spacial score (nSPS) is 24.3. The first-order valence-corrected chi connectivity index (χ1v) is 13.0. The summed E-state index contributed by atoms with van der Waals surface area (Å²) in [5.74, 6) is 0.522. The number of piperidine rings is 1. The third kappa shape index (κ3) is 5.80. The van der Waals surface area contributed by atoms with Crippen molar-refractivity contribution < 1.29 is 27.0 Å². The number of ether oxygens (including phenoxy) is 2. The molecule has 202 valence electrons. The van der Waals surface area contributed by atoms with Gasteiger partial charge in [0.1, 0.15) is 29.1 Å². The average Bonchev–Trinajstić information content (AvgIpc) is 3.22. The highest BCUT2D eigenvalue weighted by Crippen LogP contribution is 2.37. The van der Waals surface area contributed by atoms with Crippen molar-refractivity contribution in [2.45, 2.75) is 65.3 Å². The van der Waals surface area contributed by atoms with E-state index in [-0.39, 0.29) is 23.9 Å². The van der Waals surface area contributed by atoms with Crippen LogP contribution in [0, 0.1) is 17.7 Å². The highest BCUT2D eigenvalue weighted by molar-refractivity contribution is 5.95. The Balaban J connectivity index is 1.44. The van der Waals surface area contributed by atoms with Gasteiger partial charge in [-0.15, -0.1) is 0 Å². The number of anilines is 2. The SMILES string of the molecule is CCOc1ccc(F)c(N2CCC(Oc3ccc(N4N=C(C(F)(F)F)C(C)[C@@H]4CC)cc3)C(CC)C2)c1. The maximum absolute atomic E-state index is 14.6. The molecule has 2 aromatic rings. The van der Waals surface area contributed by atoms with E-state index in [1.807, 2.05) is 18.7 Å². The maximum atomic E-state index is 14.6. The van der Waals surface area contributed by atoms with E-state index in [2.05, 4.69) is 12.0 Å². The van der Waals surface area contributed by atoms with Gasteiger partial charge < -0.3 is 14.4 Å². The minimum absolute atomic E-state index is 0.0460. The quantitative estimate of drug-likeness (QED) is 0.349. The number of halogens is 4. The van der Waals surface area contributed by atoms with E-state index in [1.54, 1.807) is 43.3 Å². The Morgan fingerprint density at radius 2 is 1.70 bits per heavy atom. The molecule has 0 aromatic heterocycles. The first-order chi connectivity index (χ1) is 17.7. The number of nitrogens with zero attached hydrogens (tertiary/aromatic N) is 3. The summed E-state index contributed by atoms with van der Waals surface area (Å²) >= 11 is 0. The van der Waals surface area contributed by atoms with E-state index in [9.17, 15) is 17.6 Å². The van der Waals surface area contributed by atoms with E-state index >= 15 is 0 Å². The molecule has 0 radical (unpaired) electrons. The van der Waals surface area contributed by atoms with Crippen molar-refractivity contribution in [2.24, 2.45) is 16.9 Å². The summed E-state index contributed by atoms with van der Waals surface area (Å²) in [6.07, 6.45) is -2.35. The van der Waals surface area contributed by atoms with Gasteiger partial charge in [-0.3, -0.25) is 5.01 Å². The standard InChI is InChI=1S/C28H35F4N3O2/c1-5-19-17-34(25-16-22(36-7-3)12-13-23(25)29)15-14-26(19)37-21-10-8-20(9-11-21)35-24(6-2)18(4)27(33-35)28(30,31)32/h8-13,16,18-19,24,26H,5-7,14-15,17H2,1-4H3/t18?,19?,24-,26?/m0/s1. The first kappa shape index (κ1) is 27.1. The Hall–Kier alpha value is -2.97. The van der Waals surface area contributed by atoms with Crippen LogP contribution < -0.4 is 19.4 Å². The van der Waals surface area contributed by atoms with E-state index < -0.39 is 17.8 Å². The fourth-order valence-electron chi connectivity index (χ4n) is 5.39. The highest BCUT2D eigenvalue weighted by atomic mass is 19.4. The van der Waals surface area contributed by atoms with Crippen LogP contribution in [0.2, 0.25) is 0 Å². The molecule has 2 aliphatic heterocycles. The summed E-state index contributed by atoms with van der Waals surface area (Å²) < 4.78 is 66.7. The zero-order valence-electron chi connectivity index (χ0n) is 21.8. The smallest absolute Gasteiger partial charge is 0.431 e. The molecule has 1 fully saturated rings. The second-order valence-corrected chi connectivity index (χ2v) is 9.69. The summed E-state index contributed by atoms with van der Waals surface area (Å²) in [4.78, 5) is 2.05. The molecule has 4 atom stereocenters. The summed E-state index contributed by atoms with van der Waals surface area (Å²) in [5.41, 5.74) is 0.411. The minimum atomic E-state index is -4.44. The van der Waals surface area contributed by atoms with E-state index in [4.69, 9.17) is 9.47 Å². The number of hydrogen-bond donors (Lipinski definition) is 0. The van der Waals surface area contributed by atoms with Gasteiger partial charge in [0.2, 0.25) is 0 Å². The highest BCUT2D eigenvalue weighted by Gasteiger charge is 2.47. The van der Waals surface area contributed by atoms with Crippen LogP contribution in [0.5, 0.6) is 11.5 Å². The lowest BCUT2D eigenvalue weighted by atomic mass is 9.91. The van der Waals surface area contributed by atoms with Crippen LogP contribution in [0.1, 0.15) is 47.0 Å². The lowest BCUT2D eigenvalue weighted by molar-refractivity contribution is -0.0620. The third-order valence-electron chi connectivity index (χ3n) is 7.39. The lowest BCUT2D eigenvalue weighted by Gasteiger charge is -2.39. The van der Waals surface area contributed by atoms with E-state index in [1.165, 1.54) is 11.1 Å². The molecule has 0 spiro atoms. The van der Waals surface area contributed by atoms with Crippen LogP contribution in [-0.4, -0.2) is 43.7 Å². The molecule has 9 heteroatoms. The monoisotopic (exact) mass is 521 g/mol. The van der Waals surface area contributed by atoms with Gasteiger partial charge in [0.15, 0.2) is 0 Å². The summed E-state index contributed by atoms with van der Waals surface area (Å²) in [6, 6.07) is 11.6. The molecule has 0 N–H and O–H groups in total. The van der Waals surface area contributed by atoms with Gasteiger partial charge >= 0.3 is 6.18 Å². The second-order valence-electron chi connectivity index (χ2n) is 9.69. The number of hydrazone groups is 1. The molecule has 5 nitrogen and oxygen atoms in total. The summed E-state index contributed by atoms with van der Waals surface area (Å²) in [5, 5.41) is 5.42. The molecule has 0 saturated carbocycles. The molecule has 37 heavy (non-hydrogen) atoms. The van der Waals surface area contributed by atoms with Crippen LogP contribution >= 0.6 is 0 Å². The molecule has 3 unspecified atom stereocenters. The van der Waals surface area contributed by atoms with Gasteiger partial charge in [-0.05, 0) is 56.2 Å². The molecular weight excluding hydrogens is 486 g/mol. The Morgan fingerprint density at radius 3 is 2.32 bits per heavy atom. The van der Waals surface area contributed by atoms with Gasteiger partial charge in [0.25, 0.3) is 0 Å². The summed E-state index contributed by atoms with van der Waals surface area (Å²) in [6.45, 7) is 9.26. The fraction of sp³-hybridized carbons (Fsp3) is 0.536.